The van der Waals surface area contributed by atoms with Crippen LogP contribution in [0.5, 0.6) is 0 Å². The molecule has 4 heteroatoms. The van der Waals surface area contributed by atoms with Crippen LogP contribution in [-0.2, 0) is 6.42 Å². The predicted octanol–water partition coefficient (Wildman–Crippen LogP) is 3.23. The van der Waals surface area contributed by atoms with Gasteiger partial charge in [-0.15, -0.1) is 11.3 Å². The second-order valence-electron chi connectivity index (χ2n) is 1.67. The lowest BCUT2D eigenvalue weighted by Crippen LogP contribution is -1.68. The summed E-state index contributed by atoms with van der Waals surface area (Å²) in [5.74, 6) is 0. The average Bonchev–Trinajstić information content (AvgIpc) is 2.14. The van der Waals surface area contributed by atoms with Crippen molar-refractivity contribution in [2.45, 2.75) is 6.42 Å². The van der Waals surface area contributed by atoms with Crippen molar-refractivity contribution in [3.63, 3.8) is 0 Å². The van der Waals surface area contributed by atoms with Gasteiger partial charge in [0.1, 0.15) is 0 Å². The minimum absolute atomic E-state index is 0.440. The molecule has 0 unspecified atom stereocenters. The van der Waals surface area contributed by atoms with Gasteiger partial charge in [0.2, 0.25) is 0 Å². The molecule has 1 aromatic rings. The third-order valence-electron chi connectivity index (χ3n) is 0.949. The molecule has 0 aliphatic rings. The third kappa shape index (κ3) is 1.72. The zero-order chi connectivity index (χ0) is 7.56. The topological polar surface area (TPSA) is 23.8 Å². The molecule has 0 radical (unpaired) electrons. The smallest absolute Gasteiger partial charge is 0.0887 e. The minimum atomic E-state index is 0.440. The molecule has 0 bridgehead atoms. The summed E-state index contributed by atoms with van der Waals surface area (Å²) in [4.78, 5) is 0.999. The summed E-state index contributed by atoms with van der Waals surface area (Å²) in [6, 6.07) is 3.86. The lowest BCUT2D eigenvalue weighted by Gasteiger charge is -1.77. The Morgan fingerprint density at radius 2 is 2.50 bits per heavy atom. The van der Waals surface area contributed by atoms with E-state index in [0.717, 1.165) is 8.66 Å². The predicted molar refractivity (Wildman–Crippen MR) is 46.3 cm³/mol. The van der Waals surface area contributed by atoms with Gasteiger partial charge in [0.05, 0.1) is 21.3 Å². The van der Waals surface area contributed by atoms with Crippen LogP contribution in [0.15, 0.2) is 9.85 Å². The Morgan fingerprint density at radius 1 is 1.80 bits per heavy atom. The molecule has 0 aromatic carbocycles. The van der Waals surface area contributed by atoms with E-state index >= 15 is 0 Å². The van der Waals surface area contributed by atoms with Crippen molar-refractivity contribution < 1.29 is 0 Å². The number of thiophene rings is 1. The van der Waals surface area contributed by atoms with Crippen molar-refractivity contribution in [3.8, 4) is 6.07 Å². The highest BCUT2D eigenvalue weighted by Gasteiger charge is 2.02. The number of rotatable bonds is 1. The molecule has 52 valence electrons. The Hall–Kier alpha value is -0.0400. The summed E-state index contributed by atoms with van der Waals surface area (Å²) in [5, 5.41) is 9.01. The second kappa shape index (κ2) is 3.38. The first-order valence-corrected chi connectivity index (χ1v) is 4.53. The van der Waals surface area contributed by atoms with E-state index in [1.165, 1.54) is 11.3 Å². The van der Waals surface area contributed by atoms with E-state index in [0.29, 0.717) is 11.4 Å². The van der Waals surface area contributed by atoms with Crippen LogP contribution in [0.4, 0.5) is 0 Å². The van der Waals surface area contributed by atoms with Gasteiger partial charge >= 0.3 is 0 Å². The highest BCUT2D eigenvalue weighted by atomic mass is 79.9. The van der Waals surface area contributed by atoms with E-state index in [4.69, 9.17) is 16.9 Å². The normalized spacial score (nSPS) is 9.30. The number of nitriles is 1. The molecule has 0 saturated carbocycles. The largest absolute Gasteiger partial charge is 0.198 e. The van der Waals surface area contributed by atoms with Gasteiger partial charge in [-0.25, -0.2) is 0 Å². The monoisotopic (exact) mass is 235 g/mol. The van der Waals surface area contributed by atoms with Crippen LogP contribution in [0.2, 0.25) is 5.02 Å². The third-order valence-corrected chi connectivity index (χ3v) is 3.42. The molecule has 0 saturated heterocycles. The van der Waals surface area contributed by atoms with Crippen molar-refractivity contribution >= 4 is 38.9 Å². The standard InChI is InChI=1S/C6H3BrClNS/c7-6-5(8)3-4(10-6)1-2-9/h3H,1H2. The zero-order valence-corrected chi connectivity index (χ0v) is 8.05. The summed E-state index contributed by atoms with van der Waals surface area (Å²) in [6.45, 7) is 0. The van der Waals surface area contributed by atoms with E-state index in [-0.39, 0.29) is 0 Å². The molecule has 0 aliphatic carbocycles. The van der Waals surface area contributed by atoms with Gasteiger partial charge in [0.25, 0.3) is 0 Å². The molecule has 0 N–H and O–H groups in total. The summed E-state index contributed by atoms with van der Waals surface area (Å²) < 4.78 is 0.902. The van der Waals surface area contributed by atoms with Crippen molar-refractivity contribution in [3.05, 3.63) is 19.8 Å². The zero-order valence-electron chi connectivity index (χ0n) is 4.90. The highest BCUT2D eigenvalue weighted by molar-refractivity contribution is 9.11. The maximum absolute atomic E-state index is 8.32. The molecular formula is C6H3BrClNS. The van der Waals surface area contributed by atoms with Crippen LogP contribution in [-0.4, -0.2) is 0 Å². The molecule has 0 amide bonds. The number of hydrogen-bond donors (Lipinski definition) is 0. The van der Waals surface area contributed by atoms with Gasteiger partial charge in [-0.05, 0) is 22.0 Å². The van der Waals surface area contributed by atoms with Crippen LogP contribution in [0.3, 0.4) is 0 Å². The fraction of sp³-hybridized carbons (Fsp3) is 0.167. The van der Waals surface area contributed by atoms with Crippen LogP contribution in [0, 0.1) is 11.3 Å². The second-order valence-corrected chi connectivity index (χ2v) is 4.53. The Morgan fingerprint density at radius 3 is 2.90 bits per heavy atom. The lowest BCUT2D eigenvalue weighted by atomic mass is 10.4. The maximum Gasteiger partial charge on any atom is 0.0887 e. The van der Waals surface area contributed by atoms with Gasteiger partial charge in [-0.1, -0.05) is 11.6 Å². The van der Waals surface area contributed by atoms with Crippen LogP contribution < -0.4 is 0 Å². The summed E-state index contributed by atoms with van der Waals surface area (Å²) >= 11 is 10.5. The minimum Gasteiger partial charge on any atom is -0.198 e. The fourth-order valence-corrected chi connectivity index (χ4v) is 2.31. The maximum atomic E-state index is 8.32. The van der Waals surface area contributed by atoms with Gasteiger partial charge in [-0.3, -0.25) is 0 Å². The molecule has 1 aromatic heterocycles. The van der Waals surface area contributed by atoms with Gasteiger partial charge in [0, 0.05) is 4.88 Å². The molecular weight excluding hydrogens is 233 g/mol. The van der Waals surface area contributed by atoms with Crippen LogP contribution >= 0.6 is 38.9 Å². The molecule has 1 nitrogen and oxygen atoms in total. The first-order chi connectivity index (χ1) is 4.74. The van der Waals surface area contributed by atoms with Crippen LogP contribution in [0.25, 0.3) is 0 Å². The molecule has 0 spiro atoms. The summed E-state index contributed by atoms with van der Waals surface area (Å²) in [7, 11) is 0. The van der Waals surface area contributed by atoms with Crippen molar-refractivity contribution in [1.82, 2.24) is 0 Å². The van der Waals surface area contributed by atoms with E-state index in [1.54, 1.807) is 6.07 Å². The van der Waals surface area contributed by atoms with E-state index in [1.807, 2.05) is 0 Å². The lowest BCUT2D eigenvalue weighted by molar-refractivity contribution is 1.32. The summed E-state index contributed by atoms with van der Waals surface area (Å²) in [5.41, 5.74) is 0. The van der Waals surface area contributed by atoms with Crippen LogP contribution in [0.1, 0.15) is 4.88 Å². The van der Waals surface area contributed by atoms with E-state index in [9.17, 15) is 0 Å². The molecule has 0 fully saturated rings. The Balaban J connectivity index is 2.90. The first kappa shape index (κ1) is 8.06. The van der Waals surface area contributed by atoms with Gasteiger partial charge in [-0.2, -0.15) is 5.26 Å². The number of nitrogens with zero attached hydrogens (tertiary/aromatic N) is 1. The molecule has 1 heterocycles. The Bertz CT molecular complexity index is 256. The fourth-order valence-electron chi connectivity index (χ4n) is 0.556. The SMILES string of the molecule is N#CCc1cc(Cl)c(Br)s1. The van der Waals surface area contributed by atoms with Gasteiger partial charge < -0.3 is 0 Å². The number of hydrogen-bond acceptors (Lipinski definition) is 2. The summed E-state index contributed by atoms with van der Waals surface area (Å²) in [6.07, 6.45) is 0.440. The molecule has 10 heavy (non-hydrogen) atoms. The molecule has 0 aliphatic heterocycles. The first-order valence-electron chi connectivity index (χ1n) is 2.54. The number of halogens is 2. The Labute approximate surface area is 76.4 Å². The highest BCUT2D eigenvalue weighted by Crippen LogP contribution is 2.31. The van der Waals surface area contributed by atoms with E-state index < -0.39 is 0 Å². The average molecular weight is 237 g/mol. The Kier molecular flexibility index (Phi) is 2.72. The van der Waals surface area contributed by atoms with Gasteiger partial charge in [0.15, 0.2) is 0 Å². The molecule has 0 atom stereocenters. The molecule has 1 rings (SSSR count). The van der Waals surface area contributed by atoms with Crippen molar-refractivity contribution in [2.24, 2.45) is 0 Å². The van der Waals surface area contributed by atoms with E-state index in [2.05, 4.69) is 22.0 Å². The quantitative estimate of drug-likeness (QED) is 0.734. The van der Waals surface area contributed by atoms with Crippen molar-refractivity contribution in [2.75, 3.05) is 0 Å². The van der Waals surface area contributed by atoms with Crippen molar-refractivity contribution in [1.29, 1.82) is 5.26 Å².